The molecule has 0 atom stereocenters. The third-order valence-corrected chi connectivity index (χ3v) is 1.39. The third-order valence-electron chi connectivity index (χ3n) is 1.39. The van der Waals surface area contributed by atoms with Gasteiger partial charge in [-0.15, -0.1) is 0 Å². The van der Waals surface area contributed by atoms with E-state index in [1.165, 1.54) is 0 Å². The number of ether oxygens (including phenoxy) is 2. The van der Waals surface area contributed by atoms with E-state index in [2.05, 4.69) is 0 Å². The van der Waals surface area contributed by atoms with Gasteiger partial charge in [0, 0.05) is 5.92 Å². The van der Waals surface area contributed by atoms with Crippen LogP contribution in [-0.2, 0) is 9.47 Å². The summed E-state index contributed by atoms with van der Waals surface area (Å²) in [5, 5.41) is 0. The number of rotatable bonds is 1. The first-order valence-electron chi connectivity index (χ1n) is 3.30. The molecule has 0 aromatic rings. The molecule has 66 valence electrons. The van der Waals surface area contributed by atoms with E-state index in [0.29, 0.717) is 0 Å². The minimum absolute atomic E-state index is 0.119. The molecular weight excluding hydrogens is 161 g/mol. The van der Waals surface area contributed by atoms with Crippen LogP contribution in [0.4, 0.5) is 13.2 Å². The Morgan fingerprint density at radius 3 is 2.18 bits per heavy atom. The van der Waals surface area contributed by atoms with Crippen LogP contribution >= 0.6 is 0 Å². The van der Waals surface area contributed by atoms with E-state index in [0.717, 1.165) is 0 Å². The molecule has 1 fully saturated rings. The third kappa shape index (κ3) is 3.57. The van der Waals surface area contributed by atoms with E-state index in [4.69, 9.17) is 9.47 Å². The minimum atomic E-state index is -4.10. The monoisotopic (exact) mass is 170 g/mol. The van der Waals surface area contributed by atoms with Gasteiger partial charge in [-0.1, -0.05) is 0 Å². The second-order valence-corrected chi connectivity index (χ2v) is 2.54. The van der Waals surface area contributed by atoms with Gasteiger partial charge in [-0.25, -0.2) is 0 Å². The summed E-state index contributed by atoms with van der Waals surface area (Å²) in [6, 6.07) is 0. The molecule has 0 saturated carbocycles. The molecule has 2 nitrogen and oxygen atoms in total. The molecule has 1 heterocycles. The van der Waals surface area contributed by atoms with Crippen molar-refractivity contribution < 1.29 is 22.6 Å². The predicted molar refractivity (Wildman–Crippen MR) is 30.9 cm³/mol. The molecule has 0 aromatic carbocycles. The number of hydrogen-bond acceptors (Lipinski definition) is 2. The zero-order chi connectivity index (χ0) is 8.32. The van der Waals surface area contributed by atoms with Crippen molar-refractivity contribution >= 4 is 0 Å². The first-order chi connectivity index (χ1) is 5.08. The predicted octanol–water partition coefficient (Wildman–Crippen LogP) is 1.56. The van der Waals surface area contributed by atoms with Crippen LogP contribution in [0.2, 0.25) is 0 Å². The SMILES string of the molecule is FC(F)(F)CC1COCOC1. The largest absolute Gasteiger partial charge is 0.389 e. The average molecular weight is 170 g/mol. The van der Waals surface area contributed by atoms with Gasteiger partial charge in [-0.05, 0) is 0 Å². The summed E-state index contributed by atoms with van der Waals surface area (Å²) in [5.74, 6) is -0.524. The molecule has 0 N–H and O–H groups in total. The van der Waals surface area contributed by atoms with Gasteiger partial charge >= 0.3 is 6.18 Å². The summed E-state index contributed by atoms with van der Waals surface area (Å²) in [5.41, 5.74) is 0. The highest BCUT2D eigenvalue weighted by atomic mass is 19.4. The van der Waals surface area contributed by atoms with Crippen LogP contribution < -0.4 is 0 Å². The second kappa shape index (κ2) is 3.40. The maximum atomic E-state index is 11.7. The molecule has 0 spiro atoms. The van der Waals surface area contributed by atoms with Gasteiger partial charge in [0.15, 0.2) is 0 Å². The molecule has 1 aliphatic heterocycles. The zero-order valence-corrected chi connectivity index (χ0v) is 5.86. The van der Waals surface area contributed by atoms with Crippen LogP contribution in [0.15, 0.2) is 0 Å². The van der Waals surface area contributed by atoms with Crippen molar-refractivity contribution in [1.82, 2.24) is 0 Å². The molecule has 0 bridgehead atoms. The maximum absolute atomic E-state index is 11.7. The molecule has 0 aromatic heterocycles. The highest BCUT2D eigenvalue weighted by Gasteiger charge is 2.32. The van der Waals surface area contributed by atoms with E-state index < -0.39 is 18.5 Å². The van der Waals surface area contributed by atoms with Crippen LogP contribution in [0.5, 0.6) is 0 Å². The lowest BCUT2D eigenvalue weighted by Crippen LogP contribution is -2.28. The van der Waals surface area contributed by atoms with E-state index >= 15 is 0 Å². The van der Waals surface area contributed by atoms with Crippen LogP contribution in [0.1, 0.15) is 6.42 Å². The molecular formula is C6H9F3O2. The van der Waals surface area contributed by atoms with Crippen LogP contribution in [0.25, 0.3) is 0 Å². The van der Waals surface area contributed by atoms with Gasteiger partial charge in [0.2, 0.25) is 0 Å². The number of halogens is 3. The first-order valence-corrected chi connectivity index (χ1v) is 3.30. The summed E-state index contributed by atoms with van der Waals surface area (Å²) >= 11 is 0. The van der Waals surface area contributed by atoms with Crippen molar-refractivity contribution in [3.63, 3.8) is 0 Å². The lowest BCUT2D eigenvalue weighted by molar-refractivity contribution is -0.183. The Labute approximate surface area is 62.3 Å². The summed E-state index contributed by atoms with van der Waals surface area (Å²) in [6.07, 6.45) is -4.91. The van der Waals surface area contributed by atoms with Crippen molar-refractivity contribution in [2.45, 2.75) is 12.6 Å². The fourth-order valence-electron chi connectivity index (χ4n) is 0.982. The van der Waals surface area contributed by atoms with Gasteiger partial charge in [-0.2, -0.15) is 13.2 Å². The lowest BCUT2D eigenvalue weighted by Gasteiger charge is -2.22. The summed E-state index contributed by atoms with van der Waals surface area (Å²) in [7, 11) is 0. The summed E-state index contributed by atoms with van der Waals surface area (Å²) in [4.78, 5) is 0. The van der Waals surface area contributed by atoms with E-state index in [1.807, 2.05) is 0 Å². The lowest BCUT2D eigenvalue weighted by atomic mass is 10.1. The normalized spacial score (nSPS) is 22.1. The topological polar surface area (TPSA) is 18.5 Å². The second-order valence-electron chi connectivity index (χ2n) is 2.54. The van der Waals surface area contributed by atoms with Crippen LogP contribution in [0.3, 0.4) is 0 Å². The standard InChI is InChI=1S/C6H9F3O2/c7-6(8,9)1-5-2-10-4-11-3-5/h5H,1-4H2. The van der Waals surface area contributed by atoms with Crippen molar-refractivity contribution in [2.75, 3.05) is 20.0 Å². The average Bonchev–Trinajstić information content (AvgIpc) is 1.85. The molecule has 1 rings (SSSR count). The molecule has 0 amide bonds. The van der Waals surface area contributed by atoms with Gasteiger partial charge in [0.1, 0.15) is 6.79 Å². The minimum Gasteiger partial charge on any atom is -0.355 e. The Morgan fingerprint density at radius 2 is 1.73 bits per heavy atom. The number of hydrogen-bond donors (Lipinski definition) is 0. The van der Waals surface area contributed by atoms with Gasteiger partial charge in [0.25, 0.3) is 0 Å². The Hall–Kier alpha value is -0.290. The number of alkyl halides is 3. The quantitative estimate of drug-likeness (QED) is 0.594. The zero-order valence-electron chi connectivity index (χ0n) is 5.86. The van der Waals surface area contributed by atoms with Gasteiger partial charge in [0.05, 0.1) is 19.6 Å². The Morgan fingerprint density at radius 1 is 1.18 bits per heavy atom. The molecule has 0 radical (unpaired) electrons. The van der Waals surface area contributed by atoms with E-state index in [9.17, 15) is 13.2 Å². The molecule has 5 heteroatoms. The maximum Gasteiger partial charge on any atom is 0.389 e. The van der Waals surface area contributed by atoms with Crippen molar-refractivity contribution in [2.24, 2.45) is 5.92 Å². The van der Waals surface area contributed by atoms with E-state index in [1.54, 1.807) is 0 Å². The highest BCUT2D eigenvalue weighted by Crippen LogP contribution is 2.26. The fourth-order valence-corrected chi connectivity index (χ4v) is 0.982. The molecule has 0 aliphatic carbocycles. The van der Waals surface area contributed by atoms with Crippen molar-refractivity contribution in [1.29, 1.82) is 0 Å². The first kappa shape index (κ1) is 8.80. The highest BCUT2D eigenvalue weighted by molar-refractivity contribution is 4.64. The molecule has 0 unspecified atom stereocenters. The van der Waals surface area contributed by atoms with Crippen molar-refractivity contribution in [3.8, 4) is 0 Å². The Balaban J connectivity index is 2.24. The molecule has 1 aliphatic rings. The summed E-state index contributed by atoms with van der Waals surface area (Å²) in [6.45, 7) is 0.424. The van der Waals surface area contributed by atoms with E-state index in [-0.39, 0.29) is 20.0 Å². The molecule has 11 heavy (non-hydrogen) atoms. The molecule has 1 saturated heterocycles. The Kier molecular flexibility index (Phi) is 2.72. The van der Waals surface area contributed by atoms with Crippen LogP contribution in [0, 0.1) is 5.92 Å². The fraction of sp³-hybridized carbons (Fsp3) is 1.00. The van der Waals surface area contributed by atoms with Gasteiger partial charge in [-0.3, -0.25) is 0 Å². The van der Waals surface area contributed by atoms with Gasteiger partial charge < -0.3 is 9.47 Å². The van der Waals surface area contributed by atoms with Crippen molar-refractivity contribution in [3.05, 3.63) is 0 Å². The Bertz CT molecular complexity index is 117. The smallest absolute Gasteiger partial charge is 0.355 e. The summed E-state index contributed by atoms with van der Waals surface area (Å²) < 4.78 is 44.6. The van der Waals surface area contributed by atoms with Crippen LogP contribution in [-0.4, -0.2) is 26.2 Å².